The zero-order chi connectivity index (χ0) is 14.6. The number of nitrogens with two attached hydrogens (primary N) is 1. The zero-order valence-electron chi connectivity index (χ0n) is 12.6. The van der Waals surface area contributed by atoms with E-state index in [0.29, 0.717) is 6.54 Å². The predicted octanol–water partition coefficient (Wildman–Crippen LogP) is 3.92. The van der Waals surface area contributed by atoms with Gasteiger partial charge in [-0.1, -0.05) is 42.5 Å². The number of rotatable bonds is 5. The predicted molar refractivity (Wildman–Crippen MR) is 88.0 cm³/mol. The van der Waals surface area contributed by atoms with Crippen molar-refractivity contribution in [3.05, 3.63) is 54.6 Å². The van der Waals surface area contributed by atoms with Gasteiger partial charge < -0.3 is 10.6 Å². The number of nitrogens with zero attached hydrogens (tertiary/aromatic N) is 1. The van der Waals surface area contributed by atoms with E-state index in [-0.39, 0.29) is 5.54 Å². The largest absolute Gasteiger partial charge is 0.369 e. The molecule has 0 aliphatic rings. The molecule has 2 heteroatoms. The van der Waals surface area contributed by atoms with Gasteiger partial charge in [0.1, 0.15) is 0 Å². The van der Waals surface area contributed by atoms with Crippen molar-refractivity contribution in [1.82, 2.24) is 0 Å². The van der Waals surface area contributed by atoms with Crippen molar-refractivity contribution < 1.29 is 0 Å². The molecule has 0 saturated carbocycles. The topological polar surface area (TPSA) is 29.3 Å². The molecule has 2 rings (SSSR count). The summed E-state index contributed by atoms with van der Waals surface area (Å²) in [6.45, 7) is 5.16. The fourth-order valence-corrected chi connectivity index (χ4v) is 2.38. The number of benzene rings is 2. The minimum Gasteiger partial charge on any atom is -0.369 e. The van der Waals surface area contributed by atoms with Crippen molar-refractivity contribution >= 4 is 5.69 Å². The minimum absolute atomic E-state index is 0.0724. The first-order valence-corrected chi connectivity index (χ1v) is 7.14. The normalized spacial score (nSPS) is 11.4. The molecule has 0 amide bonds. The molecule has 2 aromatic rings. The van der Waals surface area contributed by atoms with Crippen LogP contribution >= 0.6 is 0 Å². The average Bonchev–Trinajstić information content (AvgIpc) is 2.47. The molecule has 0 aliphatic carbocycles. The maximum absolute atomic E-state index is 5.70. The zero-order valence-corrected chi connectivity index (χ0v) is 12.6. The third-order valence-corrected chi connectivity index (χ3v) is 4.03. The third kappa shape index (κ3) is 3.20. The van der Waals surface area contributed by atoms with E-state index in [1.807, 2.05) is 6.07 Å². The van der Waals surface area contributed by atoms with Gasteiger partial charge in [0.2, 0.25) is 0 Å². The molecular weight excluding hydrogens is 244 g/mol. The number of anilines is 1. The van der Waals surface area contributed by atoms with Gasteiger partial charge in [0.15, 0.2) is 0 Å². The van der Waals surface area contributed by atoms with Crippen molar-refractivity contribution in [1.29, 1.82) is 0 Å². The Kier molecular flexibility index (Phi) is 4.46. The first kappa shape index (κ1) is 14.6. The summed E-state index contributed by atoms with van der Waals surface area (Å²) in [5.74, 6) is 0. The van der Waals surface area contributed by atoms with Crippen LogP contribution in [0.5, 0.6) is 0 Å². The lowest BCUT2D eigenvalue weighted by Gasteiger charge is -2.37. The molecule has 0 unspecified atom stereocenters. The fourth-order valence-electron chi connectivity index (χ4n) is 2.38. The van der Waals surface area contributed by atoms with E-state index in [9.17, 15) is 0 Å². The Morgan fingerprint density at radius 2 is 1.45 bits per heavy atom. The molecule has 0 fully saturated rings. The fraction of sp³-hybridized carbons (Fsp3) is 0.333. The van der Waals surface area contributed by atoms with E-state index in [4.69, 9.17) is 5.73 Å². The number of hydrogen-bond acceptors (Lipinski definition) is 2. The van der Waals surface area contributed by atoms with Gasteiger partial charge in [0.25, 0.3) is 0 Å². The molecule has 20 heavy (non-hydrogen) atoms. The van der Waals surface area contributed by atoms with Crippen molar-refractivity contribution in [2.75, 3.05) is 18.5 Å². The highest BCUT2D eigenvalue weighted by Gasteiger charge is 2.22. The van der Waals surface area contributed by atoms with Gasteiger partial charge in [-0.15, -0.1) is 0 Å². The van der Waals surface area contributed by atoms with E-state index in [1.165, 1.54) is 16.8 Å². The molecule has 2 N–H and O–H groups in total. The monoisotopic (exact) mass is 268 g/mol. The maximum atomic E-state index is 5.70. The average molecular weight is 268 g/mol. The standard InChI is InChI=1S/C18H24N2/c1-18(2,13-14-19)20(3)17-11-9-16(10-12-17)15-7-5-4-6-8-15/h4-12H,13-14,19H2,1-3H3. The summed E-state index contributed by atoms with van der Waals surface area (Å²) in [5.41, 5.74) is 9.50. The van der Waals surface area contributed by atoms with Crippen molar-refractivity contribution in [3.63, 3.8) is 0 Å². The summed E-state index contributed by atoms with van der Waals surface area (Å²) in [7, 11) is 2.13. The van der Waals surface area contributed by atoms with Crippen LogP contribution in [-0.4, -0.2) is 19.1 Å². The van der Waals surface area contributed by atoms with E-state index in [0.717, 1.165) is 6.42 Å². The quantitative estimate of drug-likeness (QED) is 0.890. The second kappa shape index (κ2) is 6.10. The smallest absolute Gasteiger partial charge is 0.0368 e. The maximum Gasteiger partial charge on any atom is 0.0368 e. The van der Waals surface area contributed by atoms with Crippen LogP contribution < -0.4 is 10.6 Å². The molecular formula is C18H24N2. The van der Waals surface area contributed by atoms with Gasteiger partial charge in [-0.05, 0) is 50.1 Å². The van der Waals surface area contributed by atoms with Gasteiger partial charge >= 0.3 is 0 Å². The summed E-state index contributed by atoms with van der Waals surface area (Å²) in [4.78, 5) is 2.30. The molecule has 2 nitrogen and oxygen atoms in total. The molecule has 0 spiro atoms. The van der Waals surface area contributed by atoms with Gasteiger partial charge in [-0.25, -0.2) is 0 Å². The highest BCUT2D eigenvalue weighted by atomic mass is 15.2. The molecule has 0 bridgehead atoms. The lowest BCUT2D eigenvalue weighted by atomic mass is 9.97. The molecule has 0 heterocycles. The molecule has 0 saturated heterocycles. The first-order valence-electron chi connectivity index (χ1n) is 7.14. The van der Waals surface area contributed by atoms with Crippen LogP contribution in [0.15, 0.2) is 54.6 Å². The summed E-state index contributed by atoms with van der Waals surface area (Å²) < 4.78 is 0. The van der Waals surface area contributed by atoms with Crippen molar-refractivity contribution in [3.8, 4) is 11.1 Å². The summed E-state index contributed by atoms with van der Waals surface area (Å²) >= 11 is 0. The molecule has 0 radical (unpaired) electrons. The van der Waals surface area contributed by atoms with Gasteiger partial charge in [0, 0.05) is 18.3 Å². The van der Waals surface area contributed by atoms with Crippen LogP contribution in [0.4, 0.5) is 5.69 Å². The highest BCUT2D eigenvalue weighted by Crippen LogP contribution is 2.27. The molecule has 0 aromatic heterocycles. The summed E-state index contributed by atoms with van der Waals surface area (Å²) in [6, 6.07) is 19.2. The number of hydrogen-bond donors (Lipinski definition) is 1. The Hall–Kier alpha value is -1.80. The Labute approximate surface area is 122 Å². The van der Waals surface area contributed by atoms with Gasteiger partial charge in [0.05, 0.1) is 0 Å². The van der Waals surface area contributed by atoms with Crippen LogP contribution in [0.3, 0.4) is 0 Å². The van der Waals surface area contributed by atoms with E-state index in [2.05, 4.69) is 74.3 Å². The van der Waals surface area contributed by atoms with Crippen LogP contribution in [0.25, 0.3) is 11.1 Å². The lowest BCUT2D eigenvalue weighted by molar-refractivity contribution is 0.456. The Bertz CT molecular complexity index is 529. The van der Waals surface area contributed by atoms with Crippen molar-refractivity contribution in [2.24, 2.45) is 5.73 Å². The van der Waals surface area contributed by atoms with Gasteiger partial charge in [-0.2, -0.15) is 0 Å². The summed E-state index contributed by atoms with van der Waals surface area (Å²) in [5, 5.41) is 0. The molecule has 0 atom stereocenters. The van der Waals surface area contributed by atoms with Crippen molar-refractivity contribution in [2.45, 2.75) is 25.8 Å². The lowest BCUT2D eigenvalue weighted by Crippen LogP contribution is -2.42. The summed E-state index contributed by atoms with van der Waals surface area (Å²) in [6.07, 6.45) is 0.976. The molecule has 106 valence electrons. The molecule has 2 aromatic carbocycles. The van der Waals surface area contributed by atoms with E-state index >= 15 is 0 Å². The van der Waals surface area contributed by atoms with Crippen LogP contribution in [0.1, 0.15) is 20.3 Å². The van der Waals surface area contributed by atoms with Crippen LogP contribution in [0.2, 0.25) is 0 Å². The Balaban J connectivity index is 2.20. The van der Waals surface area contributed by atoms with Crippen LogP contribution in [0, 0.1) is 0 Å². The Morgan fingerprint density at radius 3 is 2.00 bits per heavy atom. The highest BCUT2D eigenvalue weighted by molar-refractivity contribution is 5.66. The molecule has 0 aliphatic heterocycles. The van der Waals surface area contributed by atoms with E-state index < -0.39 is 0 Å². The van der Waals surface area contributed by atoms with Gasteiger partial charge in [-0.3, -0.25) is 0 Å². The van der Waals surface area contributed by atoms with E-state index in [1.54, 1.807) is 0 Å². The Morgan fingerprint density at radius 1 is 0.900 bits per heavy atom. The minimum atomic E-state index is 0.0724. The SMILES string of the molecule is CN(c1ccc(-c2ccccc2)cc1)C(C)(C)CCN. The van der Waals surface area contributed by atoms with Crippen LogP contribution in [-0.2, 0) is 0 Å². The second-order valence-electron chi connectivity index (χ2n) is 5.82. The second-order valence-corrected chi connectivity index (χ2v) is 5.82. The first-order chi connectivity index (χ1) is 9.54. The third-order valence-electron chi connectivity index (χ3n) is 4.03.